The molecule has 0 amide bonds. The molecule has 5 nitrogen and oxygen atoms in total. The van der Waals surface area contributed by atoms with Gasteiger partial charge in [-0.05, 0) is 6.92 Å². The second-order valence-corrected chi connectivity index (χ2v) is 3.47. The maximum absolute atomic E-state index is 10.6. The Balaban J connectivity index is 2.29. The molecule has 0 fully saturated rings. The van der Waals surface area contributed by atoms with Crippen LogP contribution in [0.5, 0.6) is 0 Å². The highest BCUT2D eigenvalue weighted by atomic mass is 16.6. The maximum atomic E-state index is 10.6. The minimum atomic E-state index is -0.413. The van der Waals surface area contributed by atoms with E-state index in [-0.39, 0.29) is 11.8 Å². The molecule has 0 saturated carbocycles. The van der Waals surface area contributed by atoms with E-state index in [0.717, 1.165) is 11.3 Å². The van der Waals surface area contributed by atoms with E-state index in [2.05, 4.69) is 5.16 Å². The first-order valence-corrected chi connectivity index (χ1v) is 4.64. The van der Waals surface area contributed by atoms with E-state index in [1.165, 1.54) is 12.1 Å². The lowest BCUT2D eigenvalue weighted by atomic mass is 10.1. The molecule has 0 aromatic heterocycles. The standard InChI is InChI=1S/C10H10N2O3/c1-7-5-10(11-15-7)8-3-2-4-9(6-8)12(13)14/h2-4,6-7H,5H2,1H3. The summed E-state index contributed by atoms with van der Waals surface area (Å²) >= 11 is 0. The summed E-state index contributed by atoms with van der Waals surface area (Å²) in [5.41, 5.74) is 1.61. The van der Waals surface area contributed by atoms with E-state index in [4.69, 9.17) is 4.84 Å². The van der Waals surface area contributed by atoms with Crippen molar-refractivity contribution >= 4 is 11.4 Å². The lowest BCUT2D eigenvalue weighted by molar-refractivity contribution is -0.384. The molecule has 1 aromatic rings. The Morgan fingerprint density at radius 2 is 2.40 bits per heavy atom. The Bertz CT molecular complexity index is 428. The van der Waals surface area contributed by atoms with Crippen LogP contribution in [0.15, 0.2) is 29.4 Å². The van der Waals surface area contributed by atoms with E-state index in [0.29, 0.717) is 6.42 Å². The smallest absolute Gasteiger partial charge is 0.270 e. The molecule has 0 bridgehead atoms. The minimum Gasteiger partial charge on any atom is -0.392 e. The van der Waals surface area contributed by atoms with Crippen LogP contribution in [0.2, 0.25) is 0 Å². The van der Waals surface area contributed by atoms with Crippen LogP contribution in [0.4, 0.5) is 5.69 Å². The predicted octanol–water partition coefficient (Wildman–Crippen LogP) is 2.11. The molecule has 1 aliphatic heterocycles. The van der Waals surface area contributed by atoms with Crippen LogP contribution in [0.3, 0.4) is 0 Å². The molecule has 0 N–H and O–H groups in total. The molecule has 0 radical (unpaired) electrons. The summed E-state index contributed by atoms with van der Waals surface area (Å²) in [6, 6.07) is 6.43. The third-order valence-corrected chi connectivity index (χ3v) is 2.21. The second kappa shape index (κ2) is 3.68. The van der Waals surface area contributed by atoms with Crippen molar-refractivity contribution in [2.24, 2.45) is 5.16 Å². The largest absolute Gasteiger partial charge is 0.392 e. The molecule has 1 aromatic carbocycles. The number of nitro benzene ring substituents is 1. The number of hydrogen-bond acceptors (Lipinski definition) is 4. The summed E-state index contributed by atoms with van der Waals surface area (Å²) in [6.07, 6.45) is 0.750. The highest BCUT2D eigenvalue weighted by Crippen LogP contribution is 2.19. The Labute approximate surface area is 86.5 Å². The number of hydrogen-bond donors (Lipinski definition) is 0. The number of rotatable bonds is 2. The molecule has 15 heavy (non-hydrogen) atoms. The van der Waals surface area contributed by atoms with Gasteiger partial charge in [-0.1, -0.05) is 17.3 Å². The van der Waals surface area contributed by atoms with Crippen molar-refractivity contribution in [3.63, 3.8) is 0 Å². The Morgan fingerprint density at radius 1 is 1.60 bits per heavy atom. The minimum absolute atomic E-state index is 0.0549. The topological polar surface area (TPSA) is 64.7 Å². The van der Waals surface area contributed by atoms with Gasteiger partial charge in [-0.2, -0.15) is 0 Å². The molecular weight excluding hydrogens is 196 g/mol. The van der Waals surface area contributed by atoms with E-state index in [9.17, 15) is 10.1 Å². The zero-order valence-electron chi connectivity index (χ0n) is 8.21. The quantitative estimate of drug-likeness (QED) is 0.549. The van der Waals surface area contributed by atoms with Crippen molar-refractivity contribution in [2.45, 2.75) is 19.4 Å². The van der Waals surface area contributed by atoms with Crippen LogP contribution in [0, 0.1) is 10.1 Å². The van der Waals surface area contributed by atoms with Crippen LogP contribution in [-0.2, 0) is 4.84 Å². The third kappa shape index (κ3) is 1.96. The van der Waals surface area contributed by atoms with Crippen molar-refractivity contribution in [2.75, 3.05) is 0 Å². The van der Waals surface area contributed by atoms with Crippen LogP contribution in [-0.4, -0.2) is 16.7 Å². The third-order valence-electron chi connectivity index (χ3n) is 2.21. The average molecular weight is 206 g/mol. The van der Waals surface area contributed by atoms with Crippen LogP contribution in [0.1, 0.15) is 18.9 Å². The van der Waals surface area contributed by atoms with E-state index >= 15 is 0 Å². The van der Waals surface area contributed by atoms with Gasteiger partial charge in [0.1, 0.15) is 6.10 Å². The Hall–Kier alpha value is -1.91. The maximum Gasteiger partial charge on any atom is 0.270 e. The summed E-state index contributed by atoms with van der Waals surface area (Å²) in [5, 5.41) is 14.4. The molecule has 1 heterocycles. The first-order chi connectivity index (χ1) is 7.16. The Morgan fingerprint density at radius 3 is 3.00 bits per heavy atom. The summed E-state index contributed by atoms with van der Waals surface area (Å²) < 4.78 is 0. The van der Waals surface area contributed by atoms with Gasteiger partial charge in [-0.3, -0.25) is 10.1 Å². The van der Waals surface area contributed by atoms with E-state index in [1.54, 1.807) is 12.1 Å². The zero-order valence-corrected chi connectivity index (χ0v) is 8.21. The lowest BCUT2D eigenvalue weighted by Gasteiger charge is -1.98. The molecule has 1 unspecified atom stereocenters. The fraction of sp³-hybridized carbons (Fsp3) is 0.300. The van der Waals surface area contributed by atoms with Crippen molar-refractivity contribution in [1.82, 2.24) is 0 Å². The number of non-ortho nitro benzene ring substituents is 1. The van der Waals surface area contributed by atoms with Crippen LogP contribution >= 0.6 is 0 Å². The summed E-state index contributed by atoms with van der Waals surface area (Å²) in [5.74, 6) is 0. The molecular formula is C10H10N2O3. The number of oxime groups is 1. The summed E-state index contributed by atoms with van der Waals surface area (Å²) in [7, 11) is 0. The highest BCUT2D eigenvalue weighted by molar-refractivity contribution is 6.01. The van der Waals surface area contributed by atoms with Crippen molar-refractivity contribution < 1.29 is 9.76 Å². The average Bonchev–Trinajstić information content (AvgIpc) is 2.65. The van der Waals surface area contributed by atoms with Gasteiger partial charge in [0, 0.05) is 24.1 Å². The van der Waals surface area contributed by atoms with Gasteiger partial charge in [0.2, 0.25) is 0 Å². The first-order valence-electron chi connectivity index (χ1n) is 4.64. The molecule has 2 rings (SSSR count). The number of nitrogens with zero attached hydrogens (tertiary/aromatic N) is 2. The Kier molecular flexibility index (Phi) is 2.37. The molecule has 5 heteroatoms. The van der Waals surface area contributed by atoms with E-state index in [1.807, 2.05) is 6.92 Å². The summed E-state index contributed by atoms with van der Waals surface area (Å²) in [4.78, 5) is 15.2. The fourth-order valence-electron chi connectivity index (χ4n) is 1.47. The second-order valence-electron chi connectivity index (χ2n) is 3.47. The van der Waals surface area contributed by atoms with Gasteiger partial charge in [-0.15, -0.1) is 0 Å². The van der Waals surface area contributed by atoms with Crippen molar-refractivity contribution in [1.29, 1.82) is 0 Å². The van der Waals surface area contributed by atoms with Gasteiger partial charge in [0.25, 0.3) is 5.69 Å². The molecule has 1 atom stereocenters. The van der Waals surface area contributed by atoms with Gasteiger partial charge >= 0.3 is 0 Å². The monoisotopic (exact) mass is 206 g/mol. The van der Waals surface area contributed by atoms with Gasteiger partial charge < -0.3 is 4.84 Å². The molecule has 0 aliphatic carbocycles. The predicted molar refractivity (Wildman–Crippen MR) is 54.8 cm³/mol. The SMILES string of the molecule is CC1CC(c2cccc([N+](=O)[O-])c2)=NO1. The normalized spacial score (nSPS) is 19.5. The van der Waals surface area contributed by atoms with Crippen LogP contribution < -0.4 is 0 Å². The fourth-order valence-corrected chi connectivity index (χ4v) is 1.47. The van der Waals surface area contributed by atoms with E-state index < -0.39 is 4.92 Å². The molecule has 0 saturated heterocycles. The highest BCUT2D eigenvalue weighted by Gasteiger charge is 2.19. The number of nitro groups is 1. The molecule has 78 valence electrons. The number of benzene rings is 1. The van der Waals surface area contributed by atoms with Gasteiger partial charge in [0.05, 0.1) is 10.6 Å². The van der Waals surface area contributed by atoms with Crippen molar-refractivity contribution in [3.05, 3.63) is 39.9 Å². The zero-order chi connectivity index (χ0) is 10.8. The molecule has 1 aliphatic rings. The first kappa shape index (κ1) is 9.64. The summed E-state index contributed by atoms with van der Waals surface area (Å²) in [6.45, 7) is 1.91. The van der Waals surface area contributed by atoms with Crippen molar-refractivity contribution in [3.8, 4) is 0 Å². The van der Waals surface area contributed by atoms with Gasteiger partial charge in [-0.25, -0.2) is 0 Å². The lowest BCUT2D eigenvalue weighted by Crippen LogP contribution is -2.03. The van der Waals surface area contributed by atoms with Gasteiger partial charge in [0.15, 0.2) is 0 Å². The van der Waals surface area contributed by atoms with Crippen LogP contribution in [0.25, 0.3) is 0 Å². The molecule has 0 spiro atoms.